The van der Waals surface area contributed by atoms with Crippen molar-refractivity contribution in [3.8, 4) is 12.1 Å². The quantitative estimate of drug-likeness (QED) is 0.317. The molecule has 0 aliphatic carbocycles. The molecule has 136 valence electrons. The van der Waals surface area contributed by atoms with Crippen LogP contribution in [-0.2, 0) is 28.7 Å². The van der Waals surface area contributed by atoms with Crippen molar-refractivity contribution in [2.75, 3.05) is 13.2 Å². The Balaban J connectivity index is 4.53. The predicted molar refractivity (Wildman–Crippen MR) is 86.1 cm³/mol. The number of hydrogen-bond donors (Lipinski definition) is 2. The number of carbonyl (C=O) groups is 4. The van der Waals surface area contributed by atoms with Crippen molar-refractivity contribution in [2.45, 2.75) is 13.8 Å². The highest BCUT2D eigenvalue weighted by atomic mass is 16.5. The third-order valence-corrected chi connectivity index (χ3v) is 2.62. The monoisotopic (exact) mass is 360 g/mol. The normalized spacial score (nSPS) is 12.2. The smallest absolute Gasteiger partial charge is 0.331 e. The molecule has 0 unspecified atom stereocenters. The van der Waals surface area contributed by atoms with Crippen molar-refractivity contribution < 1.29 is 28.7 Å². The molecule has 0 radical (unpaired) electrons. The molecule has 0 aromatic heterocycles. The molecule has 10 heteroatoms. The van der Waals surface area contributed by atoms with Gasteiger partial charge in [0.2, 0.25) is 11.6 Å². The van der Waals surface area contributed by atoms with E-state index in [2.05, 4.69) is 9.47 Å². The molecule has 4 N–H and O–H groups in total. The number of allylic oxidation sites excluding steroid dienone is 2. The van der Waals surface area contributed by atoms with Crippen molar-refractivity contribution in [1.82, 2.24) is 0 Å². The van der Waals surface area contributed by atoms with Gasteiger partial charge in [-0.05, 0) is 13.8 Å². The second kappa shape index (κ2) is 10.8. The van der Waals surface area contributed by atoms with Crippen LogP contribution in [0.15, 0.2) is 34.7 Å². The van der Waals surface area contributed by atoms with E-state index in [0.717, 1.165) is 0 Å². The minimum atomic E-state index is -1.05. The van der Waals surface area contributed by atoms with Crippen LogP contribution in [0.5, 0.6) is 0 Å². The molecule has 0 heterocycles. The van der Waals surface area contributed by atoms with Crippen LogP contribution in [0.3, 0.4) is 0 Å². The number of nitriles is 2. The molecule has 0 aliphatic heterocycles. The lowest BCUT2D eigenvalue weighted by Crippen LogP contribution is -2.17. The van der Waals surface area contributed by atoms with E-state index in [1.807, 2.05) is 0 Å². The van der Waals surface area contributed by atoms with Crippen molar-refractivity contribution in [3.05, 3.63) is 34.7 Å². The fourth-order valence-corrected chi connectivity index (χ4v) is 1.39. The van der Waals surface area contributed by atoms with Crippen LogP contribution in [0.1, 0.15) is 13.8 Å². The second-order valence-electron chi connectivity index (χ2n) is 4.73. The number of nitrogens with zero attached hydrogens (tertiary/aromatic N) is 2. The van der Waals surface area contributed by atoms with Crippen LogP contribution < -0.4 is 11.5 Å². The zero-order chi connectivity index (χ0) is 20.3. The Morgan fingerprint density at radius 2 is 1.12 bits per heavy atom. The van der Waals surface area contributed by atoms with Crippen molar-refractivity contribution in [1.29, 1.82) is 10.5 Å². The first-order chi connectivity index (χ1) is 12.1. The van der Waals surface area contributed by atoms with Gasteiger partial charge in [-0.15, -0.1) is 0 Å². The van der Waals surface area contributed by atoms with Gasteiger partial charge in [-0.2, -0.15) is 10.5 Å². The molecule has 0 aromatic carbocycles. The van der Waals surface area contributed by atoms with Gasteiger partial charge in [0.05, 0.1) is 0 Å². The highest BCUT2D eigenvalue weighted by Crippen LogP contribution is 2.01. The van der Waals surface area contributed by atoms with E-state index >= 15 is 0 Å². The summed E-state index contributed by atoms with van der Waals surface area (Å²) in [6.07, 6.45) is 1.33. The molecule has 0 bridgehead atoms. The second-order valence-corrected chi connectivity index (χ2v) is 4.73. The van der Waals surface area contributed by atoms with E-state index in [9.17, 15) is 19.2 Å². The average Bonchev–Trinajstić information content (AvgIpc) is 2.56. The Labute approximate surface area is 148 Å². The summed E-state index contributed by atoms with van der Waals surface area (Å²) in [5.41, 5.74) is 9.94. The van der Waals surface area contributed by atoms with Gasteiger partial charge in [0, 0.05) is 23.5 Å². The first kappa shape index (κ1) is 22.1. The van der Waals surface area contributed by atoms with Gasteiger partial charge in [0.15, 0.2) is 13.2 Å². The zero-order valence-corrected chi connectivity index (χ0v) is 14.1. The van der Waals surface area contributed by atoms with E-state index in [1.165, 1.54) is 13.8 Å². The summed E-state index contributed by atoms with van der Waals surface area (Å²) in [5, 5.41) is 17.4. The van der Waals surface area contributed by atoms with Gasteiger partial charge in [-0.25, -0.2) is 9.59 Å². The highest BCUT2D eigenvalue weighted by Gasteiger charge is 2.15. The Bertz CT molecular complexity index is 719. The Kier molecular flexibility index (Phi) is 9.15. The number of ketones is 2. The number of carbonyl (C=O) groups excluding carboxylic acids is 4. The largest absolute Gasteiger partial charge is 0.454 e. The van der Waals surface area contributed by atoms with Gasteiger partial charge < -0.3 is 20.9 Å². The van der Waals surface area contributed by atoms with Crippen LogP contribution in [0, 0.1) is 22.7 Å². The molecular weight excluding hydrogens is 344 g/mol. The summed E-state index contributed by atoms with van der Waals surface area (Å²) in [7, 11) is 0. The van der Waals surface area contributed by atoms with Crippen LogP contribution >= 0.6 is 0 Å². The molecule has 0 spiro atoms. The van der Waals surface area contributed by atoms with Gasteiger partial charge in [0.25, 0.3) is 0 Å². The van der Waals surface area contributed by atoms with E-state index in [-0.39, 0.29) is 22.5 Å². The number of Topliss-reactive ketones (excluding diaryl/α,β-unsaturated/α-hetero) is 2. The summed E-state index contributed by atoms with van der Waals surface area (Å²) in [6, 6.07) is 3.16. The molecule has 26 heavy (non-hydrogen) atoms. The highest BCUT2D eigenvalue weighted by molar-refractivity contribution is 6.03. The number of esters is 2. The SMILES string of the molecule is C/C(N)=C(/C#N)C(=O)COC(=O)/C=C/C(=O)OCC(=O)/C(C#N)=C(\C)N. The number of rotatable bonds is 8. The molecule has 0 rings (SSSR count). The van der Waals surface area contributed by atoms with E-state index < -0.39 is 36.7 Å². The van der Waals surface area contributed by atoms with Gasteiger partial charge in [-0.1, -0.05) is 0 Å². The lowest BCUT2D eigenvalue weighted by molar-refractivity contribution is -0.143. The standard InChI is InChI=1S/C16H16N4O6/c1-9(19)11(5-17)13(21)7-25-15(23)3-4-16(24)26-8-14(22)12(6-18)10(2)20/h3-4H,7-8,19-20H2,1-2H3/b4-3+,11-9+,12-10+. The number of ether oxygens (including phenoxy) is 2. The van der Waals surface area contributed by atoms with Crippen LogP contribution in [0.4, 0.5) is 0 Å². The summed E-state index contributed by atoms with van der Waals surface area (Å²) in [5.74, 6) is -3.70. The van der Waals surface area contributed by atoms with E-state index in [0.29, 0.717) is 12.2 Å². The molecule has 0 saturated heterocycles. The Hall–Kier alpha value is -3.92. The van der Waals surface area contributed by atoms with Gasteiger partial charge in [-0.3, -0.25) is 9.59 Å². The molecule has 0 fully saturated rings. The topological polar surface area (TPSA) is 186 Å². The fraction of sp³-hybridized carbons (Fsp3) is 0.250. The summed E-state index contributed by atoms with van der Waals surface area (Å²) < 4.78 is 9.08. The van der Waals surface area contributed by atoms with Crippen LogP contribution in [-0.4, -0.2) is 36.7 Å². The first-order valence-electron chi connectivity index (χ1n) is 6.94. The van der Waals surface area contributed by atoms with Crippen molar-refractivity contribution in [2.24, 2.45) is 11.5 Å². The van der Waals surface area contributed by atoms with E-state index in [1.54, 1.807) is 12.1 Å². The van der Waals surface area contributed by atoms with Crippen LogP contribution in [0.2, 0.25) is 0 Å². The fourth-order valence-electron chi connectivity index (χ4n) is 1.39. The molecule has 0 saturated carbocycles. The molecule has 0 amide bonds. The van der Waals surface area contributed by atoms with Crippen LogP contribution in [0.25, 0.3) is 0 Å². The average molecular weight is 360 g/mol. The van der Waals surface area contributed by atoms with Gasteiger partial charge in [0.1, 0.15) is 23.3 Å². The third kappa shape index (κ3) is 7.57. The molecular formula is C16H16N4O6. The third-order valence-electron chi connectivity index (χ3n) is 2.62. The summed E-state index contributed by atoms with van der Waals surface area (Å²) in [6.45, 7) is 1.21. The molecule has 0 aromatic rings. The lowest BCUT2D eigenvalue weighted by Gasteiger charge is -2.02. The zero-order valence-electron chi connectivity index (χ0n) is 14.1. The molecule has 0 aliphatic rings. The molecule has 0 atom stereocenters. The summed E-state index contributed by atoms with van der Waals surface area (Å²) in [4.78, 5) is 45.9. The van der Waals surface area contributed by atoms with E-state index in [4.69, 9.17) is 22.0 Å². The lowest BCUT2D eigenvalue weighted by atomic mass is 10.1. The maximum absolute atomic E-state index is 11.6. The maximum atomic E-state index is 11.6. The maximum Gasteiger partial charge on any atom is 0.331 e. The summed E-state index contributed by atoms with van der Waals surface area (Å²) >= 11 is 0. The number of hydrogen-bond acceptors (Lipinski definition) is 10. The Morgan fingerprint density at radius 1 is 0.808 bits per heavy atom. The van der Waals surface area contributed by atoms with Crippen molar-refractivity contribution in [3.63, 3.8) is 0 Å². The molecule has 10 nitrogen and oxygen atoms in total. The number of nitrogens with two attached hydrogens (primary N) is 2. The minimum Gasteiger partial charge on any atom is -0.454 e. The predicted octanol–water partition coefficient (Wildman–Crippen LogP) is -0.720. The van der Waals surface area contributed by atoms with Gasteiger partial charge >= 0.3 is 11.9 Å². The first-order valence-corrected chi connectivity index (χ1v) is 6.94. The Morgan fingerprint density at radius 3 is 1.35 bits per heavy atom. The van der Waals surface area contributed by atoms with Crippen molar-refractivity contribution >= 4 is 23.5 Å². The minimum absolute atomic E-state index is 0.0177.